The van der Waals surface area contributed by atoms with Crippen LogP contribution in [0.15, 0.2) is 57.4 Å². The monoisotopic (exact) mass is 482 g/mol. The van der Waals surface area contributed by atoms with Gasteiger partial charge < -0.3 is 14.8 Å². The van der Waals surface area contributed by atoms with Crippen molar-refractivity contribution in [1.29, 1.82) is 5.26 Å². The topological polar surface area (TPSA) is 106 Å². The minimum atomic E-state index is -0.622. The zero-order valence-corrected chi connectivity index (χ0v) is 18.5. The number of nitrogens with zero attached hydrogens (tertiary/aromatic N) is 3. The summed E-state index contributed by atoms with van der Waals surface area (Å²) in [5.74, 6) is -0.173. The van der Waals surface area contributed by atoms with Crippen molar-refractivity contribution in [2.75, 3.05) is 20.3 Å². The first-order valence-corrected chi connectivity index (χ1v) is 10.1. The number of rotatable bonds is 7. The van der Waals surface area contributed by atoms with Crippen LogP contribution in [0.5, 0.6) is 11.6 Å². The summed E-state index contributed by atoms with van der Waals surface area (Å²) in [5.41, 5.74) is 0.472. The first-order chi connectivity index (χ1) is 14.9. The summed E-state index contributed by atoms with van der Waals surface area (Å²) < 4.78 is 13.0. The lowest BCUT2D eigenvalue weighted by Crippen LogP contribution is -2.28. The molecule has 1 N–H and O–H groups in total. The molecule has 1 amide bonds. The minimum absolute atomic E-state index is 0.000867. The number of benzene rings is 1. The van der Waals surface area contributed by atoms with Gasteiger partial charge in [0.25, 0.3) is 11.5 Å². The van der Waals surface area contributed by atoms with E-state index in [2.05, 4.69) is 26.2 Å². The zero-order valence-electron chi connectivity index (χ0n) is 16.9. The molecule has 2 heterocycles. The molecular formula is C22H19BrN4O4. The Kier molecular flexibility index (Phi) is 7.18. The molecule has 0 atom stereocenters. The Morgan fingerprint density at radius 2 is 2.06 bits per heavy atom. The fraction of sp³-hybridized carbons (Fsp3) is 0.182. The highest BCUT2D eigenvalue weighted by Gasteiger charge is 2.18. The molecule has 1 aromatic carbocycles. The van der Waals surface area contributed by atoms with Crippen molar-refractivity contribution in [3.8, 4) is 17.7 Å². The number of carbonyl (C=O) groups excluding carboxylic acids is 1. The Morgan fingerprint density at radius 3 is 2.74 bits per heavy atom. The molecule has 0 fully saturated rings. The highest BCUT2D eigenvalue weighted by atomic mass is 79.9. The quantitative estimate of drug-likeness (QED) is 0.314. The average Bonchev–Trinajstić information content (AvgIpc) is 2.76. The van der Waals surface area contributed by atoms with Crippen molar-refractivity contribution >= 4 is 33.6 Å². The maximum atomic E-state index is 13.2. The van der Waals surface area contributed by atoms with Crippen LogP contribution in [-0.4, -0.2) is 35.6 Å². The summed E-state index contributed by atoms with van der Waals surface area (Å²) in [6.45, 7) is 2.34. The molecule has 9 heteroatoms. The largest absolute Gasteiger partial charge is 0.438 e. The molecule has 0 radical (unpaired) electrons. The molecule has 0 aliphatic carbocycles. The second-order valence-electron chi connectivity index (χ2n) is 6.50. The third-order valence-corrected chi connectivity index (χ3v) is 4.85. The average molecular weight is 483 g/mol. The van der Waals surface area contributed by atoms with E-state index >= 15 is 0 Å². The minimum Gasteiger partial charge on any atom is -0.438 e. The van der Waals surface area contributed by atoms with Crippen molar-refractivity contribution in [3.05, 3.63) is 74.1 Å². The van der Waals surface area contributed by atoms with Gasteiger partial charge in [-0.15, -0.1) is 0 Å². The smallest absolute Gasteiger partial charge is 0.269 e. The Labute approximate surface area is 186 Å². The van der Waals surface area contributed by atoms with Crippen molar-refractivity contribution in [2.24, 2.45) is 0 Å². The number of aromatic nitrogens is 2. The highest BCUT2D eigenvalue weighted by Crippen LogP contribution is 2.26. The van der Waals surface area contributed by atoms with Gasteiger partial charge >= 0.3 is 0 Å². The van der Waals surface area contributed by atoms with Crippen LogP contribution in [0.3, 0.4) is 0 Å². The molecule has 0 spiro atoms. The fourth-order valence-electron chi connectivity index (χ4n) is 2.76. The standard InChI is InChI=1S/C22H19BrN4O4/c1-14-4-3-10-27-19(14)26-21(31-17-7-5-16(23)6-8-17)18(22(27)29)12-15(13-24)20(28)25-9-11-30-2/h3-8,10,12H,9,11H2,1-2H3,(H,25,28). The van der Waals surface area contributed by atoms with Crippen LogP contribution >= 0.6 is 15.9 Å². The van der Waals surface area contributed by atoms with Crippen LogP contribution in [0.4, 0.5) is 0 Å². The van der Waals surface area contributed by atoms with E-state index in [9.17, 15) is 14.9 Å². The Morgan fingerprint density at radius 1 is 1.32 bits per heavy atom. The van der Waals surface area contributed by atoms with E-state index in [0.717, 1.165) is 10.0 Å². The summed E-state index contributed by atoms with van der Waals surface area (Å²) in [7, 11) is 1.50. The van der Waals surface area contributed by atoms with E-state index in [1.807, 2.05) is 19.1 Å². The van der Waals surface area contributed by atoms with E-state index in [4.69, 9.17) is 9.47 Å². The number of aryl methyl sites for hydroxylation is 1. The Hall–Kier alpha value is -3.48. The van der Waals surface area contributed by atoms with E-state index in [1.54, 1.807) is 36.5 Å². The first-order valence-electron chi connectivity index (χ1n) is 9.29. The normalized spacial score (nSPS) is 11.2. The van der Waals surface area contributed by atoms with Crippen molar-refractivity contribution in [1.82, 2.24) is 14.7 Å². The van der Waals surface area contributed by atoms with Gasteiger partial charge in [-0.25, -0.2) is 0 Å². The fourth-order valence-corrected chi connectivity index (χ4v) is 3.03. The summed E-state index contributed by atoms with van der Waals surface area (Å²) in [4.78, 5) is 30.1. The number of nitriles is 1. The van der Waals surface area contributed by atoms with Crippen LogP contribution in [0.1, 0.15) is 11.1 Å². The summed E-state index contributed by atoms with van der Waals surface area (Å²) in [5, 5.41) is 12.1. The molecule has 8 nitrogen and oxygen atoms in total. The van der Waals surface area contributed by atoms with Gasteiger partial charge in [0.15, 0.2) is 0 Å². The highest BCUT2D eigenvalue weighted by molar-refractivity contribution is 9.10. The van der Waals surface area contributed by atoms with E-state index in [1.165, 1.54) is 17.6 Å². The predicted molar refractivity (Wildman–Crippen MR) is 119 cm³/mol. The summed E-state index contributed by atoms with van der Waals surface area (Å²) in [6, 6.07) is 12.4. The van der Waals surface area contributed by atoms with Gasteiger partial charge in [-0.3, -0.25) is 14.0 Å². The molecule has 0 saturated heterocycles. The Balaban J connectivity index is 2.14. The SMILES string of the molecule is COCCNC(=O)C(C#N)=Cc1c(Oc2ccc(Br)cc2)nc2c(C)cccn2c1=O. The third kappa shape index (κ3) is 5.17. The van der Waals surface area contributed by atoms with Gasteiger partial charge in [-0.2, -0.15) is 10.2 Å². The van der Waals surface area contributed by atoms with Crippen molar-refractivity contribution in [3.63, 3.8) is 0 Å². The van der Waals surface area contributed by atoms with Crippen LogP contribution < -0.4 is 15.6 Å². The molecule has 3 aromatic rings. The van der Waals surface area contributed by atoms with Gasteiger partial charge in [0, 0.05) is 24.3 Å². The van der Waals surface area contributed by atoms with E-state index < -0.39 is 11.5 Å². The van der Waals surface area contributed by atoms with Gasteiger partial charge in [0.05, 0.1) is 6.61 Å². The summed E-state index contributed by atoms with van der Waals surface area (Å²) in [6.07, 6.45) is 2.77. The maximum Gasteiger partial charge on any atom is 0.269 e. The molecule has 158 valence electrons. The maximum absolute atomic E-state index is 13.2. The van der Waals surface area contributed by atoms with Crippen LogP contribution in [0, 0.1) is 18.3 Å². The second-order valence-corrected chi connectivity index (χ2v) is 7.41. The van der Waals surface area contributed by atoms with Crippen LogP contribution in [0.25, 0.3) is 11.7 Å². The molecule has 3 rings (SSSR count). The third-order valence-electron chi connectivity index (χ3n) is 4.32. The predicted octanol–water partition coefficient (Wildman–Crippen LogP) is 3.23. The number of methoxy groups -OCH3 is 1. The van der Waals surface area contributed by atoms with E-state index in [0.29, 0.717) is 18.0 Å². The number of carbonyl (C=O) groups is 1. The number of nitrogens with one attached hydrogen (secondary N) is 1. The number of halogens is 1. The van der Waals surface area contributed by atoms with Crippen LogP contribution in [0.2, 0.25) is 0 Å². The molecule has 0 unspecified atom stereocenters. The number of ether oxygens (including phenoxy) is 2. The van der Waals surface area contributed by atoms with Crippen LogP contribution in [-0.2, 0) is 9.53 Å². The van der Waals surface area contributed by atoms with Crippen molar-refractivity contribution in [2.45, 2.75) is 6.92 Å². The lowest BCUT2D eigenvalue weighted by atomic mass is 10.1. The number of hydrogen-bond donors (Lipinski definition) is 1. The first kappa shape index (κ1) is 22.2. The number of hydrogen-bond acceptors (Lipinski definition) is 6. The molecule has 2 aromatic heterocycles. The number of amides is 1. The molecule has 0 aliphatic heterocycles. The van der Waals surface area contributed by atoms with Gasteiger partial charge in [-0.05, 0) is 48.9 Å². The Bertz CT molecular complexity index is 1240. The van der Waals surface area contributed by atoms with E-state index in [-0.39, 0.29) is 23.6 Å². The van der Waals surface area contributed by atoms with Gasteiger partial charge in [0.2, 0.25) is 5.88 Å². The molecule has 31 heavy (non-hydrogen) atoms. The lowest BCUT2D eigenvalue weighted by Gasteiger charge is -2.11. The van der Waals surface area contributed by atoms with Crippen molar-refractivity contribution < 1.29 is 14.3 Å². The molecular weight excluding hydrogens is 464 g/mol. The number of pyridine rings is 1. The van der Waals surface area contributed by atoms with Gasteiger partial charge in [0.1, 0.15) is 28.6 Å². The molecule has 0 saturated carbocycles. The zero-order chi connectivity index (χ0) is 22.4. The second kappa shape index (κ2) is 10.0. The molecule has 0 aliphatic rings. The lowest BCUT2D eigenvalue weighted by molar-refractivity contribution is -0.117. The summed E-state index contributed by atoms with van der Waals surface area (Å²) >= 11 is 3.36. The number of fused-ring (bicyclic) bond motifs is 1. The van der Waals surface area contributed by atoms with Gasteiger partial charge in [-0.1, -0.05) is 22.0 Å². The molecule has 0 bridgehead atoms.